The van der Waals surface area contributed by atoms with E-state index in [2.05, 4.69) is 48.6 Å². The summed E-state index contributed by atoms with van der Waals surface area (Å²) in [4.78, 5) is 0. The van der Waals surface area contributed by atoms with Crippen molar-refractivity contribution in [1.29, 1.82) is 0 Å². The molecule has 0 aliphatic heterocycles. The average Bonchev–Trinajstić information content (AvgIpc) is 2.59. The molecule has 0 aliphatic rings. The van der Waals surface area contributed by atoms with Crippen molar-refractivity contribution in [1.82, 2.24) is 4.40 Å². The Hall–Kier alpha value is -1.24. The summed E-state index contributed by atoms with van der Waals surface area (Å²) in [7, 11) is 0. The minimum atomic E-state index is 1.19. The second-order valence-electron chi connectivity index (χ2n) is 3.86. The molecular formula is C13H17N. The lowest BCUT2D eigenvalue weighted by Crippen LogP contribution is -1.96. The zero-order valence-corrected chi connectivity index (χ0v) is 8.96. The molecule has 14 heavy (non-hydrogen) atoms. The van der Waals surface area contributed by atoms with Gasteiger partial charge in [-0.25, -0.2) is 0 Å². The SMILES string of the molecule is CCCCc1ccc2cccc(C)n12. The first-order chi connectivity index (χ1) is 6.83. The van der Waals surface area contributed by atoms with E-state index in [9.17, 15) is 0 Å². The third-order valence-electron chi connectivity index (χ3n) is 2.74. The lowest BCUT2D eigenvalue weighted by molar-refractivity contribution is 0.766. The third kappa shape index (κ3) is 1.54. The second kappa shape index (κ2) is 3.87. The quantitative estimate of drug-likeness (QED) is 0.691. The van der Waals surface area contributed by atoms with Crippen molar-refractivity contribution in [2.45, 2.75) is 33.1 Å². The van der Waals surface area contributed by atoms with Crippen molar-refractivity contribution in [3.63, 3.8) is 0 Å². The number of nitrogens with zero attached hydrogens (tertiary/aromatic N) is 1. The van der Waals surface area contributed by atoms with Crippen molar-refractivity contribution in [3.05, 3.63) is 41.7 Å². The Kier molecular flexibility index (Phi) is 2.58. The summed E-state index contributed by atoms with van der Waals surface area (Å²) < 4.78 is 2.36. The van der Waals surface area contributed by atoms with Gasteiger partial charge in [0.15, 0.2) is 0 Å². The van der Waals surface area contributed by atoms with Crippen LogP contribution in [-0.2, 0) is 6.42 Å². The minimum Gasteiger partial charge on any atom is -0.318 e. The molecule has 2 aromatic heterocycles. The predicted octanol–water partition coefficient (Wildman–Crippen LogP) is 3.59. The van der Waals surface area contributed by atoms with Gasteiger partial charge in [0, 0.05) is 16.9 Å². The van der Waals surface area contributed by atoms with Crippen LogP contribution in [-0.4, -0.2) is 4.40 Å². The van der Waals surface area contributed by atoms with Crippen LogP contribution in [0.4, 0.5) is 0 Å². The van der Waals surface area contributed by atoms with Crippen LogP contribution in [0.3, 0.4) is 0 Å². The summed E-state index contributed by atoms with van der Waals surface area (Å²) in [5.74, 6) is 0. The summed E-state index contributed by atoms with van der Waals surface area (Å²) in [6, 6.07) is 10.9. The van der Waals surface area contributed by atoms with E-state index < -0.39 is 0 Å². The maximum Gasteiger partial charge on any atom is 0.0455 e. The molecule has 0 N–H and O–H groups in total. The van der Waals surface area contributed by atoms with E-state index in [4.69, 9.17) is 0 Å². The first-order valence-electron chi connectivity index (χ1n) is 5.39. The normalized spacial score (nSPS) is 11.0. The van der Waals surface area contributed by atoms with Crippen LogP contribution < -0.4 is 0 Å². The van der Waals surface area contributed by atoms with Crippen molar-refractivity contribution >= 4 is 5.52 Å². The van der Waals surface area contributed by atoms with Gasteiger partial charge >= 0.3 is 0 Å². The molecule has 2 heterocycles. The second-order valence-corrected chi connectivity index (χ2v) is 3.86. The van der Waals surface area contributed by atoms with Gasteiger partial charge in [0.25, 0.3) is 0 Å². The largest absolute Gasteiger partial charge is 0.318 e. The van der Waals surface area contributed by atoms with Gasteiger partial charge in [-0.15, -0.1) is 0 Å². The maximum atomic E-state index is 2.36. The minimum absolute atomic E-state index is 1.19. The van der Waals surface area contributed by atoms with Crippen molar-refractivity contribution in [2.24, 2.45) is 0 Å². The Morgan fingerprint density at radius 1 is 1.14 bits per heavy atom. The highest BCUT2D eigenvalue weighted by atomic mass is 14.9. The van der Waals surface area contributed by atoms with E-state index in [1.807, 2.05) is 0 Å². The number of hydrogen-bond acceptors (Lipinski definition) is 0. The summed E-state index contributed by atoms with van der Waals surface area (Å²) >= 11 is 0. The molecule has 0 spiro atoms. The average molecular weight is 187 g/mol. The van der Waals surface area contributed by atoms with E-state index in [0.717, 1.165) is 0 Å². The zero-order chi connectivity index (χ0) is 9.97. The van der Waals surface area contributed by atoms with E-state index in [1.54, 1.807) is 0 Å². The highest BCUT2D eigenvalue weighted by Gasteiger charge is 2.02. The molecule has 0 saturated carbocycles. The molecule has 0 aliphatic carbocycles. The van der Waals surface area contributed by atoms with Crippen LogP contribution >= 0.6 is 0 Å². The van der Waals surface area contributed by atoms with Crippen LogP contribution in [0.15, 0.2) is 30.3 Å². The molecule has 2 aromatic rings. The smallest absolute Gasteiger partial charge is 0.0455 e. The van der Waals surface area contributed by atoms with E-state index in [0.29, 0.717) is 0 Å². The fourth-order valence-electron chi connectivity index (χ4n) is 1.97. The number of fused-ring (bicyclic) bond motifs is 1. The number of rotatable bonds is 3. The third-order valence-corrected chi connectivity index (χ3v) is 2.74. The fraction of sp³-hybridized carbons (Fsp3) is 0.385. The van der Waals surface area contributed by atoms with Gasteiger partial charge in [0.05, 0.1) is 0 Å². The summed E-state index contributed by atoms with van der Waals surface area (Å²) in [6.07, 6.45) is 3.73. The molecule has 0 bridgehead atoms. The monoisotopic (exact) mass is 187 g/mol. The first kappa shape index (κ1) is 9.32. The number of pyridine rings is 1. The van der Waals surface area contributed by atoms with Gasteiger partial charge < -0.3 is 4.40 Å². The number of unbranched alkanes of at least 4 members (excludes halogenated alkanes) is 1. The van der Waals surface area contributed by atoms with Gasteiger partial charge in [-0.3, -0.25) is 0 Å². The first-order valence-corrected chi connectivity index (χ1v) is 5.39. The molecule has 0 radical (unpaired) electrons. The zero-order valence-electron chi connectivity index (χ0n) is 8.96. The Balaban J connectivity index is 2.45. The molecule has 0 amide bonds. The lowest BCUT2D eigenvalue weighted by Gasteiger charge is -2.05. The van der Waals surface area contributed by atoms with Gasteiger partial charge in [-0.2, -0.15) is 0 Å². The highest BCUT2D eigenvalue weighted by molar-refractivity contribution is 5.50. The van der Waals surface area contributed by atoms with E-state index in [1.165, 1.54) is 36.2 Å². The van der Waals surface area contributed by atoms with Gasteiger partial charge in [-0.05, 0) is 44.0 Å². The molecule has 0 saturated heterocycles. The molecule has 1 nitrogen and oxygen atoms in total. The molecule has 0 fully saturated rings. The molecule has 2 rings (SSSR count). The van der Waals surface area contributed by atoms with Gasteiger partial charge in [-0.1, -0.05) is 19.4 Å². The lowest BCUT2D eigenvalue weighted by atomic mass is 10.2. The molecule has 0 aromatic carbocycles. The van der Waals surface area contributed by atoms with Crippen LogP contribution in [0, 0.1) is 6.92 Å². The summed E-state index contributed by atoms with van der Waals surface area (Å²) in [5.41, 5.74) is 4.09. The van der Waals surface area contributed by atoms with Gasteiger partial charge in [0.1, 0.15) is 0 Å². The molecule has 0 unspecified atom stereocenters. The Labute approximate surface area is 85.4 Å². The van der Waals surface area contributed by atoms with Crippen LogP contribution in [0.25, 0.3) is 5.52 Å². The number of hydrogen-bond donors (Lipinski definition) is 0. The van der Waals surface area contributed by atoms with E-state index >= 15 is 0 Å². The number of aromatic nitrogens is 1. The predicted molar refractivity (Wildman–Crippen MR) is 60.7 cm³/mol. The Bertz CT molecular complexity index is 426. The van der Waals surface area contributed by atoms with Crippen LogP contribution in [0.1, 0.15) is 31.2 Å². The van der Waals surface area contributed by atoms with Crippen LogP contribution in [0.5, 0.6) is 0 Å². The molecular weight excluding hydrogens is 170 g/mol. The Morgan fingerprint density at radius 2 is 2.00 bits per heavy atom. The summed E-state index contributed by atoms with van der Waals surface area (Å²) in [6.45, 7) is 4.41. The van der Waals surface area contributed by atoms with Crippen molar-refractivity contribution < 1.29 is 0 Å². The van der Waals surface area contributed by atoms with Gasteiger partial charge in [0.2, 0.25) is 0 Å². The van der Waals surface area contributed by atoms with Crippen molar-refractivity contribution in [2.75, 3.05) is 0 Å². The molecule has 0 atom stereocenters. The van der Waals surface area contributed by atoms with Crippen molar-refractivity contribution in [3.8, 4) is 0 Å². The number of aryl methyl sites for hydroxylation is 2. The highest BCUT2D eigenvalue weighted by Crippen LogP contribution is 2.14. The topological polar surface area (TPSA) is 4.41 Å². The molecule has 1 heteroatoms. The standard InChI is InChI=1S/C13H17N/c1-3-4-7-12-9-10-13-8-5-6-11(2)14(12)13/h5-6,8-10H,3-4,7H2,1-2H3. The summed E-state index contributed by atoms with van der Waals surface area (Å²) in [5, 5.41) is 0. The maximum absolute atomic E-state index is 2.36. The van der Waals surface area contributed by atoms with E-state index in [-0.39, 0.29) is 0 Å². The Morgan fingerprint density at radius 3 is 2.79 bits per heavy atom. The van der Waals surface area contributed by atoms with Crippen LogP contribution in [0.2, 0.25) is 0 Å². The molecule has 74 valence electrons. The fourth-order valence-corrected chi connectivity index (χ4v) is 1.97.